The van der Waals surface area contributed by atoms with E-state index in [4.69, 9.17) is 0 Å². The van der Waals surface area contributed by atoms with Crippen molar-refractivity contribution in [2.75, 3.05) is 0 Å². The maximum Gasteiger partial charge on any atom is 0.117 e. The van der Waals surface area contributed by atoms with Gasteiger partial charge in [0, 0.05) is 0 Å². The van der Waals surface area contributed by atoms with Crippen molar-refractivity contribution in [1.82, 2.24) is 10.2 Å². The summed E-state index contributed by atoms with van der Waals surface area (Å²) in [6, 6.07) is 0. The first-order valence-corrected chi connectivity index (χ1v) is 4.18. The average molecular weight is 145 g/mol. The lowest BCUT2D eigenvalue weighted by atomic mass is 9.95. The number of hydrogen-bond acceptors (Lipinski definition) is 2. The van der Waals surface area contributed by atoms with Gasteiger partial charge >= 0.3 is 0 Å². The number of rotatable bonds is 0. The van der Waals surface area contributed by atoms with Crippen LogP contribution < -0.4 is 0 Å². The first kappa shape index (κ1) is 5.70. The SMILES string of the molecule is [c]1nncc2c1C1CCC2C1. The Balaban J connectivity index is 2.23. The lowest BCUT2D eigenvalue weighted by Gasteiger charge is -2.11. The molecule has 0 amide bonds. The highest BCUT2D eigenvalue weighted by Gasteiger charge is 2.37. The van der Waals surface area contributed by atoms with Crippen molar-refractivity contribution in [3.63, 3.8) is 0 Å². The van der Waals surface area contributed by atoms with Crippen LogP contribution in [0.2, 0.25) is 0 Å². The number of nitrogens with zero attached hydrogens (tertiary/aromatic N) is 2. The summed E-state index contributed by atoms with van der Waals surface area (Å²) in [5.41, 5.74) is 2.78. The molecule has 2 nitrogen and oxygen atoms in total. The third-order valence-corrected chi connectivity index (χ3v) is 3.02. The fourth-order valence-electron chi connectivity index (χ4n) is 2.49. The minimum atomic E-state index is 0.769. The van der Waals surface area contributed by atoms with Gasteiger partial charge in [0.05, 0.1) is 6.20 Å². The summed E-state index contributed by atoms with van der Waals surface area (Å²) < 4.78 is 0. The predicted octanol–water partition coefficient (Wildman–Crippen LogP) is 1.64. The lowest BCUT2D eigenvalue weighted by molar-refractivity contribution is 0.702. The molecule has 0 spiro atoms. The van der Waals surface area contributed by atoms with E-state index in [1.54, 1.807) is 0 Å². The second-order valence-electron chi connectivity index (χ2n) is 3.53. The maximum absolute atomic E-state index is 3.87. The quantitative estimate of drug-likeness (QED) is 0.554. The monoisotopic (exact) mass is 145 g/mol. The molecule has 11 heavy (non-hydrogen) atoms. The Kier molecular flexibility index (Phi) is 0.939. The smallest absolute Gasteiger partial charge is 0.117 e. The standard InChI is InChI=1S/C9H9N2/c1-2-7-3-6(1)8-4-10-11-5-9(7)8/h4,6-7H,1-3H2. The van der Waals surface area contributed by atoms with Gasteiger partial charge in [0.15, 0.2) is 0 Å². The first-order chi connectivity index (χ1) is 5.45. The molecule has 2 aliphatic rings. The Bertz CT molecular complexity index is 266. The molecule has 2 atom stereocenters. The molecule has 1 radical (unpaired) electrons. The Hall–Kier alpha value is -0.920. The van der Waals surface area contributed by atoms with Gasteiger partial charge in [-0.15, -0.1) is 5.10 Å². The third-order valence-electron chi connectivity index (χ3n) is 3.02. The molecular weight excluding hydrogens is 136 g/mol. The molecule has 2 heteroatoms. The van der Waals surface area contributed by atoms with Crippen LogP contribution in [-0.2, 0) is 0 Å². The predicted molar refractivity (Wildman–Crippen MR) is 40.2 cm³/mol. The summed E-state index contributed by atoms with van der Waals surface area (Å²) >= 11 is 0. The normalized spacial score (nSPS) is 32.4. The van der Waals surface area contributed by atoms with Crippen LogP contribution in [0.3, 0.4) is 0 Å². The van der Waals surface area contributed by atoms with Gasteiger partial charge in [-0.3, -0.25) is 0 Å². The zero-order chi connectivity index (χ0) is 7.26. The van der Waals surface area contributed by atoms with Gasteiger partial charge in [-0.1, -0.05) is 0 Å². The van der Waals surface area contributed by atoms with Crippen molar-refractivity contribution in [3.05, 3.63) is 23.5 Å². The second kappa shape index (κ2) is 1.81. The van der Waals surface area contributed by atoms with E-state index in [0.717, 1.165) is 11.8 Å². The summed E-state index contributed by atoms with van der Waals surface area (Å²) in [4.78, 5) is 0. The van der Waals surface area contributed by atoms with E-state index in [-0.39, 0.29) is 0 Å². The van der Waals surface area contributed by atoms with Crippen LogP contribution >= 0.6 is 0 Å². The van der Waals surface area contributed by atoms with Gasteiger partial charge in [0.25, 0.3) is 0 Å². The van der Waals surface area contributed by atoms with Crippen LogP contribution in [0.4, 0.5) is 0 Å². The number of fused-ring (bicyclic) bond motifs is 5. The van der Waals surface area contributed by atoms with Crippen molar-refractivity contribution in [3.8, 4) is 0 Å². The first-order valence-electron chi connectivity index (χ1n) is 4.18. The molecule has 0 N–H and O–H groups in total. The van der Waals surface area contributed by atoms with Gasteiger partial charge in [-0.2, -0.15) is 5.10 Å². The Morgan fingerprint density at radius 3 is 3.18 bits per heavy atom. The lowest BCUT2D eigenvalue weighted by Crippen LogP contribution is -1.99. The van der Waals surface area contributed by atoms with Crippen LogP contribution in [0.25, 0.3) is 0 Å². The summed E-state index contributed by atoms with van der Waals surface area (Å²) in [6.45, 7) is 0. The summed E-state index contributed by atoms with van der Waals surface area (Å²) in [5, 5.41) is 7.67. The van der Waals surface area contributed by atoms with Crippen molar-refractivity contribution < 1.29 is 0 Å². The Labute approximate surface area is 65.7 Å². The Morgan fingerprint density at radius 1 is 1.36 bits per heavy atom. The van der Waals surface area contributed by atoms with E-state index < -0.39 is 0 Å². The highest BCUT2D eigenvalue weighted by atomic mass is 15.1. The van der Waals surface area contributed by atoms with Crippen LogP contribution in [0, 0.1) is 6.20 Å². The summed E-state index contributed by atoms with van der Waals surface area (Å²) in [5.74, 6) is 1.56. The molecule has 0 saturated heterocycles. The molecule has 1 fully saturated rings. The summed E-state index contributed by atoms with van der Waals surface area (Å²) in [7, 11) is 0. The molecule has 2 bridgehead atoms. The molecule has 1 aromatic heterocycles. The minimum Gasteiger partial charge on any atom is -0.158 e. The molecule has 0 aliphatic heterocycles. The zero-order valence-electron chi connectivity index (χ0n) is 6.25. The van der Waals surface area contributed by atoms with Crippen molar-refractivity contribution in [1.29, 1.82) is 0 Å². The van der Waals surface area contributed by atoms with Crippen molar-refractivity contribution in [2.24, 2.45) is 0 Å². The largest absolute Gasteiger partial charge is 0.158 e. The zero-order valence-corrected chi connectivity index (χ0v) is 6.25. The highest BCUT2D eigenvalue weighted by molar-refractivity contribution is 5.36. The maximum atomic E-state index is 3.87. The molecule has 1 saturated carbocycles. The van der Waals surface area contributed by atoms with E-state index in [1.807, 2.05) is 6.20 Å². The Morgan fingerprint density at radius 2 is 2.27 bits per heavy atom. The van der Waals surface area contributed by atoms with Crippen LogP contribution in [0.15, 0.2) is 6.20 Å². The van der Waals surface area contributed by atoms with Crippen molar-refractivity contribution >= 4 is 0 Å². The van der Waals surface area contributed by atoms with E-state index in [2.05, 4.69) is 16.4 Å². The van der Waals surface area contributed by atoms with Crippen LogP contribution in [-0.4, -0.2) is 10.2 Å². The fraction of sp³-hybridized carbons (Fsp3) is 0.556. The number of aromatic nitrogens is 2. The minimum absolute atomic E-state index is 0.769. The van der Waals surface area contributed by atoms with E-state index in [0.29, 0.717) is 0 Å². The van der Waals surface area contributed by atoms with Crippen LogP contribution in [0.5, 0.6) is 0 Å². The van der Waals surface area contributed by atoms with E-state index in [9.17, 15) is 0 Å². The van der Waals surface area contributed by atoms with Crippen molar-refractivity contribution in [2.45, 2.75) is 31.1 Å². The van der Waals surface area contributed by atoms with Gasteiger partial charge in [0.1, 0.15) is 6.20 Å². The average Bonchev–Trinajstić information content (AvgIpc) is 2.64. The molecule has 2 aliphatic carbocycles. The summed E-state index contributed by atoms with van der Waals surface area (Å²) in [6.07, 6.45) is 8.98. The molecular formula is C9H9N2. The molecule has 0 aromatic carbocycles. The highest BCUT2D eigenvalue weighted by Crippen LogP contribution is 2.51. The fourth-order valence-corrected chi connectivity index (χ4v) is 2.49. The van der Waals surface area contributed by atoms with Gasteiger partial charge in [-0.05, 0) is 42.2 Å². The second-order valence-corrected chi connectivity index (χ2v) is 3.53. The van der Waals surface area contributed by atoms with Gasteiger partial charge in [0.2, 0.25) is 0 Å². The van der Waals surface area contributed by atoms with E-state index in [1.165, 1.54) is 30.4 Å². The number of hydrogen-bond donors (Lipinski definition) is 0. The van der Waals surface area contributed by atoms with Crippen LogP contribution in [0.1, 0.15) is 42.2 Å². The van der Waals surface area contributed by atoms with E-state index >= 15 is 0 Å². The molecule has 1 heterocycles. The molecule has 1 aromatic rings. The topological polar surface area (TPSA) is 25.8 Å². The third kappa shape index (κ3) is 0.621. The molecule has 2 unspecified atom stereocenters. The molecule has 55 valence electrons. The van der Waals surface area contributed by atoms with Gasteiger partial charge < -0.3 is 0 Å². The molecule has 3 rings (SSSR count). The van der Waals surface area contributed by atoms with Gasteiger partial charge in [-0.25, -0.2) is 0 Å².